The van der Waals surface area contributed by atoms with Crippen LogP contribution >= 0.6 is 0 Å². The summed E-state index contributed by atoms with van der Waals surface area (Å²) >= 11 is 0. The second-order valence-corrected chi connectivity index (χ2v) is 6.11. The third kappa shape index (κ3) is 2.82. The zero-order valence-corrected chi connectivity index (χ0v) is 12.9. The van der Waals surface area contributed by atoms with E-state index in [1.54, 1.807) is 0 Å². The van der Waals surface area contributed by atoms with E-state index in [2.05, 4.69) is 13.8 Å². The van der Waals surface area contributed by atoms with Crippen molar-refractivity contribution in [1.82, 2.24) is 4.90 Å². The van der Waals surface area contributed by atoms with Gasteiger partial charge >= 0.3 is 0 Å². The minimum atomic E-state index is -0.108. The molecular weight excluding hydrogens is 248 g/mol. The number of benzene rings is 1. The molecule has 110 valence electrons. The molecular formula is C17H26N2O. The van der Waals surface area contributed by atoms with Crippen molar-refractivity contribution in [2.75, 3.05) is 18.8 Å². The second-order valence-electron chi connectivity index (χ2n) is 6.11. The number of anilines is 1. The van der Waals surface area contributed by atoms with E-state index in [-0.39, 0.29) is 11.8 Å². The quantitative estimate of drug-likeness (QED) is 0.855. The van der Waals surface area contributed by atoms with Crippen molar-refractivity contribution >= 4 is 11.6 Å². The van der Waals surface area contributed by atoms with Gasteiger partial charge in [0.1, 0.15) is 0 Å². The van der Waals surface area contributed by atoms with Crippen LogP contribution in [0.2, 0.25) is 0 Å². The van der Waals surface area contributed by atoms with Crippen LogP contribution in [-0.2, 0) is 4.79 Å². The van der Waals surface area contributed by atoms with Crippen LogP contribution < -0.4 is 5.73 Å². The molecule has 1 fully saturated rings. The Morgan fingerprint density at radius 2 is 2.10 bits per heavy atom. The van der Waals surface area contributed by atoms with Gasteiger partial charge in [0.05, 0.1) is 5.92 Å². The minimum absolute atomic E-state index is 0.108. The van der Waals surface area contributed by atoms with E-state index in [4.69, 9.17) is 5.73 Å². The summed E-state index contributed by atoms with van der Waals surface area (Å²) in [5, 5.41) is 0. The minimum Gasteiger partial charge on any atom is -0.399 e. The highest BCUT2D eigenvalue weighted by Crippen LogP contribution is 2.38. The number of likely N-dealkylation sites (tertiary alicyclic amines) is 1. The highest BCUT2D eigenvalue weighted by Gasteiger charge is 2.38. The Morgan fingerprint density at radius 3 is 2.65 bits per heavy atom. The molecule has 3 heteroatoms. The fraction of sp³-hybridized carbons (Fsp3) is 0.588. The smallest absolute Gasteiger partial charge is 0.229 e. The summed E-state index contributed by atoms with van der Waals surface area (Å²) in [6, 6.07) is 7.67. The van der Waals surface area contributed by atoms with E-state index in [9.17, 15) is 4.79 Å². The molecule has 20 heavy (non-hydrogen) atoms. The lowest BCUT2D eigenvalue weighted by Crippen LogP contribution is -2.34. The van der Waals surface area contributed by atoms with E-state index in [1.165, 1.54) is 0 Å². The number of amides is 1. The van der Waals surface area contributed by atoms with Gasteiger partial charge in [-0.3, -0.25) is 4.79 Å². The molecule has 0 saturated carbocycles. The van der Waals surface area contributed by atoms with E-state index < -0.39 is 0 Å². The van der Waals surface area contributed by atoms with Gasteiger partial charge in [-0.2, -0.15) is 0 Å². The molecule has 0 bridgehead atoms. The van der Waals surface area contributed by atoms with Crippen molar-refractivity contribution in [2.45, 2.75) is 46.0 Å². The van der Waals surface area contributed by atoms with E-state index in [0.29, 0.717) is 5.41 Å². The van der Waals surface area contributed by atoms with Crippen molar-refractivity contribution < 1.29 is 4.79 Å². The average Bonchev–Trinajstić information content (AvgIpc) is 2.91. The monoisotopic (exact) mass is 274 g/mol. The van der Waals surface area contributed by atoms with Crippen LogP contribution in [0.3, 0.4) is 0 Å². The molecule has 0 radical (unpaired) electrons. The predicted octanol–water partition coefficient (Wildman–Crippen LogP) is 3.41. The third-order valence-electron chi connectivity index (χ3n) is 5.03. The van der Waals surface area contributed by atoms with Gasteiger partial charge in [-0.05, 0) is 49.3 Å². The molecule has 2 rings (SSSR count). The number of carbonyl (C=O) groups is 1. The summed E-state index contributed by atoms with van der Waals surface area (Å²) in [5.74, 6) is 0.127. The molecule has 1 heterocycles. The first-order chi connectivity index (χ1) is 9.51. The van der Waals surface area contributed by atoms with Gasteiger partial charge in [0.2, 0.25) is 5.91 Å². The van der Waals surface area contributed by atoms with Crippen LogP contribution in [0.5, 0.6) is 0 Å². The maximum Gasteiger partial charge on any atom is 0.229 e. The molecule has 1 aromatic rings. The summed E-state index contributed by atoms with van der Waals surface area (Å²) in [6.45, 7) is 8.26. The molecule has 1 unspecified atom stereocenters. The molecule has 3 nitrogen and oxygen atoms in total. The highest BCUT2D eigenvalue weighted by molar-refractivity contribution is 5.84. The Morgan fingerprint density at radius 1 is 1.40 bits per heavy atom. The van der Waals surface area contributed by atoms with Crippen LogP contribution in [-0.4, -0.2) is 23.9 Å². The summed E-state index contributed by atoms with van der Waals surface area (Å²) in [5.41, 5.74) is 7.89. The van der Waals surface area contributed by atoms with Crippen LogP contribution in [0.4, 0.5) is 5.69 Å². The first-order valence-corrected chi connectivity index (χ1v) is 7.65. The Labute approximate surface area is 122 Å². The lowest BCUT2D eigenvalue weighted by atomic mass is 9.82. The second kappa shape index (κ2) is 5.86. The third-order valence-corrected chi connectivity index (χ3v) is 5.03. The maximum atomic E-state index is 12.7. The van der Waals surface area contributed by atoms with Gasteiger partial charge in [0.15, 0.2) is 0 Å². The molecule has 2 N–H and O–H groups in total. The number of nitrogens with two attached hydrogens (primary N) is 1. The van der Waals surface area contributed by atoms with Gasteiger partial charge in [0.25, 0.3) is 0 Å². The van der Waals surface area contributed by atoms with Crippen molar-refractivity contribution in [3.05, 3.63) is 29.8 Å². The number of nitrogen functional groups attached to an aromatic ring is 1. The van der Waals surface area contributed by atoms with Crippen LogP contribution in [0.25, 0.3) is 0 Å². The molecule has 1 atom stereocenters. The van der Waals surface area contributed by atoms with E-state index in [0.717, 1.165) is 43.6 Å². The largest absolute Gasteiger partial charge is 0.399 e. The molecule has 1 amide bonds. The molecule has 1 aromatic carbocycles. The Kier molecular flexibility index (Phi) is 4.36. The maximum absolute atomic E-state index is 12.7. The fourth-order valence-corrected chi connectivity index (χ4v) is 3.20. The molecule has 0 aliphatic carbocycles. The zero-order chi connectivity index (χ0) is 14.8. The number of hydrogen-bond donors (Lipinski definition) is 1. The SMILES string of the molecule is CCC1(CC)CCN(C(=O)C(C)c2cccc(N)c2)C1. The predicted molar refractivity (Wildman–Crippen MR) is 83.5 cm³/mol. The van der Waals surface area contributed by atoms with Crippen LogP contribution in [0.1, 0.15) is 51.5 Å². The molecule has 0 spiro atoms. The van der Waals surface area contributed by atoms with Crippen molar-refractivity contribution in [3.8, 4) is 0 Å². The average molecular weight is 274 g/mol. The number of rotatable bonds is 4. The van der Waals surface area contributed by atoms with Gasteiger partial charge < -0.3 is 10.6 Å². The van der Waals surface area contributed by atoms with E-state index >= 15 is 0 Å². The zero-order valence-electron chi connectivity index (χ0n) is 12.9. The molecule has 1 aliphatic rings. The normalized spacial score (nSPS) is 19.1. The fourth-order valence-electron chi connectivity index (χ4n) is 3.20. The topological polar surface area (TPSA) is 46.3 Å². The van der Waals surface area contributed by atoms with Crippen LogP contribution in [0, 0.1) is 5.41 Å². The Bertz CT molecular complexity index is 480. The lowest BCUT2D eigenvalue weighted by Gasteiger charge is -2.27. The number of nitrogens with zero attached hydrogens (tertiary/aromatic N) is 1. The Hall–Kier alpha value is -1.51. The number of carbonyl (C=O) groups excluding carboxylic acids is 1. The standard InChI is InChI=1S/C17H26N2O/c1-4-17(5-2)9-10-19(12-17)16(20)13(3)14-7-6-8-15(18)11-14/h6-8,11,13H,4-5,9-10,12,18H2,1-3H3. The van der Waals surface area contributed by atoms with E-state index in [1.807, 2.05) is 36.1 Å². The van der Waals surface area contributed by atoms with Gasteiger partial charge in [0, 0.05) is 18.8 Å². The summed E-state index contributed by atoms with van der Waals surface area (Å²) in [7, 11) is 0. The first-order valence-electron chi connectivity index (χ1n) is 7.65. The summed E-state index contributed by atoms with van der Waals surface area (Å²) < 4.78 is 0. The summed E-state index contributed by atoms with van der Waals surface area (Å²) in [4.78, 5) is 14.7. The van der Waals surface area contributed by atoms with Crippen molar-refractivity contribution in [1.29, 1.82) is 0 Å². The molecule has 0 aromatic heterocycles. The summed E-state index contributed by atoms with van der Waals surface area (Å²) in [6.07, 6.45) is 3.44. The first kappa shape index (κ1) is 14.9. The van der Waals surface area contributed by atoms with Gasteiger partial charge in [-0.1, -0.05) is 26.0 Å². The van der Waals surface area contributed by atoms with Crippen molar-refractivity contribution in [2.24, 2.45) is 5.41 Å². The highest BCUT2D eigenvalue weighted by atomic mass is 16.2. The van der Waals surface area contributed by atoms with Gasteiger partial charge in [-0.15, -0.1) is 0 Å². The molecule has 1 aliphatic heterocycles. The van der Waals surface area contributed by atoms with Gasteiger partial charge in [-0.25, -0.2) is 0 Å². The number of hydrogen-bond acceptors (Lipinski definition) is 2. The van der Waals surface area contributed by atoms with Crippen molar-refractivity contribution in [3.63, 3.8) is 0 Å². The lowest BCUT2D eigenvalue weighted by molar-refractivity contribution is -0.131. The Balaban J connectivity index is 2.09. The molecule has 1 saturated heterocycles. The van der Waals surface area contributed by atoms with Crippen LogP contribution in [0.15, 0.2) is 24.3 Å².